The molecule has 0 N–H and O–H groups in total. The van der Waals surface area contributed by atoms with Gasteiger partial charge in [0.15, 0.2) is 0 Å². The van der Waals surface area contributed by atoms with Crippen molar-refractivity contribution in [1.82, 2.24) is 0 Å². The van der Waals surface area contributed by atoms with Crippen LogP contribution in [0.25, 0.3) is 0 Å². The second kappa shape index (κ2) is 4.07. The van der Waals surface area contributed by atoms with Gasteiger partial charge in [-0.3, -0.25) is 4.79 Å². The first-order valence-electron chi connectivity index (χ1n) is 3.41. The first-order valence-corrected chi connectivity index (χ1v) is 4.58. The van der Waals surface area contributed by atoms with E-state index in [0.29, 0.717) is 6.42 Å². The molecule has 0 unspecified atom stereocenters. The fourth-order valence-electron chi connectivity index (χ4n) is 0.981. The van der Waals surface area contributed by atoms with E-state index in [-0.39, 0.29) is 5.24 Å². The SMILES string of the molecule is O=C(Cl)CC1=CC=C(Br)CC1. The molecule has 0 fully saturated rings. The van der Waals surface area contributed by atoms with E-state index in [2.05, 4.69) is 15.9 Å². The number of rotatable bonds is 2. The molecule has 0 heterocycles. The van der Waals surface area contributed by atoms with Gasteiger partial charge in [0.2, 0.25) is 5.24 Å². The Labute approximate surface area is 79.2 Å². The lowest BCUT2D eigenvalue weighted by Gasteiger charge is -2.08. The highest BCUT2D eigenvalue weighted by Gasteiger charge is 2.06. The Bertz CT molecular complexity index is 230. The van der Waals surface area contributed by atoms with E-state index in [1.807, 2.05) is 12.2 Å². The Hall–Kier alpha value is -0.0800. The molecule has 0 aliphatic heterocycles. The summed E-state index contributed by atoms with van der Waals surface area (Å²) in [5.74, 6) is 0. The summed E-state index contributed by atoms with van der Waals surface area (Å²) in [5, 5.41) is -0.275. The third kappa shape index (κ3) is 3.21. The molecule has 11 heavy (non-hydrogen) atoms. The number of hydrogen-bond acceptors (Lipinski definition) is 1. The molecule has 0 radical (unpaired) electrons. The average molecular weight is 236 g/mol. The Kier molecular flexibility index (Phi) is 3.34. The van der Waals surface area contributed by atoms with Crippen LogP contribution in [0.1, 0.15) is 19.3 Å². The van der Waals surface area contributed by atoms with Crippen molar-refractivity contribution in [2.24, 2.45) is 0 Å². The van der Waals surface area contributed by atoms with Crippen LogP contribution in [0.3, 0.4) is 0 Å². The standard InChI is InChI=1S/C8H8BrClO/c9-7-3-1-6(2-4-7)5-8(10)11/h1,3H,2,4-5H2. The van der Waals surface area contributed by atoms with Crippen LogP contribution in [-0.4, -0.2) is 5.24 Å². The van der Waals surface area contributed by atoms with Crippen molar-refractivity contribution in [3.63, 3.8) is 0 Å². The Morgan fingerprint density at radius 3 is 2.73 bits per heavy atom. The predicted molar refractivity (Wildman–Crippen MR) is 49.8 cm³/mol. The van der Waals surface area contributed by atoms with Gasteiger partial charge in [-0.1, -0.05) is 33.7 Å². The largest absolute Gasteiger partial charge is 0.281 e. The normalized spacial score (nSPS) is 17.3. The van der Waals surface area contributed by atoms with Crippen molar-refractivity contribution in [1.29, 1.82) is 0 Å². The van der Waals surface area contributed by atoms with Gasteiger partial charge in [-0.25, -0.2) is 0 Å². The van der Waals surface area contributed by atoms with Crippen molar-refractivity contribution in [3.8, 4) is 0 Å². The van der Waals surface area contributed by atoms with Crippen molar-refractivity contribution in [3.05, 3.63) is 22.2 Å². The van der Waals surface area contributed by atoms with E-state index in [4.69, 9.17) is 11.6 Å². The molecular formula is C8H8BrClO. The fourth-order valence-corrected chi connectivity index (χ4v) is 1.48. The maximum atomic E-state index is 10.5. The number of carbonyl (C=O) groups excluding carboxylic acids is 1. The minimum Gasteiger partial charge on any atom is -0.281 e. The maximum Gasteiger partial charge on any atom is 0.225 e. The van der Waals surface area contributed by atoms with E-state index in [0.717, 1.165) is 18.4 Å². The van der Waals surface area contributed by atoms with Gasteiger partial charge in [0.05, 0.1) is 0 Å². The molecular weight excluding hydrogens is 227 g/mol. The highest BCUT2D eigenvalue weighted by molar-refractivity contribution is 9.11. The van der Waals surface area contributed by atoms with Crippen LogP contribution in [0.2, 0.25) is 0 Å². The molecule has 0 saturated heterocycles. The number of halogens is 2. The van der Waals surface area contributed by atoms with E-state index in [9.17, 15) is 4.79 Å². The molecule has 0 bridgehead atoms. The van der Waals surface area contributed by atoms with Crippen molar-refractivity contribution < 1.29 is 4.79 Å². The zero-order valence-electron chi connectivity index (χ0n) is 5.94. The number of allylic oxidation sites excluding steroid dienone is 4. The zero-order valence-corrected chi connectivity index (χ0v) is 8.28. The lowest BCUT2D eigenvalue weighted by molar-refractivity contribution is -0.111. The lowest BCUT2D eigenvalue weighted by Crippen LogP contribution is -1.94. The molecule has 0 aromatic rings. The molecule has 1 nitrogen and oxygen atoms in total. The molecule has 0 saturated carbocycles. The Morgan fingerprint density at radius 2 is 2.27 bits per heavy atom. The summed E-state index contributed by atoms with van der Waals surface area (Å²) in [6.45, 7) is 0. The van der Waals surface area contributed by atoms with Crippen molar-refractivity contribution in [2.75, 3.05) is 0 Å². The van der Waals surface area contributed by atoms with E-state index >= 15 is 0 Å². The molecule has 0 spiro atoms. The van der Waals surface area contributed by atoms with Gasteiger partial charge < -0.3 is 0 Å². The van der Waals surface area contributed by atoms with Gasteiger partial charge in [-0.15, -0.1) is 0 Å². The minimum absolute atomic E-state index is 0.275. The van der Waals surface area contributed by atoms with Gasteiger partial charge >= 0.3 is 0 Å². The Morgan fingerprint density at radius 1 is 1.55 bits per heavy atom. The maximum absolute atomic E-state index is 10.5. The molecule has 60 valence electrons. The highest BCUT2D eigenvalue weighted by Crippen LogP contribution is 2.24. The van der Waals surface area contributed by atoms with Crippen LogP contribution in [0.15, 0.2) is 22.2 Å². The van der Waals surface area contributed by atoms with Gasteiger partial charge in [-0.2, -0.15) is 0 Å². The summed E-state index contributed by atoms with van der Waals surface area (Å²) >= 11 is 8.62. The van der Waals surface area contributed by atoms with Crippen LogP contribution < -0.4 is 0 Å². The smallest absolute Gasteiger partial charge is 0.225 e. The molecule has 0 aromatic heterocycles. The average Bonchev–Trinajstić information content (AvgIpc) is 1.93. The molecule has 1 rings (SSSR count). The number of carbonyl (C=O) groups is 1. The molecule has 0 atom stereocenters. The van der Waals surface area contributed by atoms with Gasteiger partial charge in [-0.05, 0) is 28.9 Å². The topological polar surface area (TPSA) is 17.1 Å². The fraction of sp³-hybridized carbons (Fsp3) is 0.375. The van der Waals surface area contributed by atoms with E-state index in [1.54, 1.807) is 0 Å². The molecule has 3 heteroatoms. The second-order valence-corrected chi connectivity index (χ2v) is 3.91. The zero-order chi connectivity index (χ0) is 8.27. The Balaban J connectivity index is 2.54. The van der Waals surface area contributed by atoms with Crippen molar-refractivity contribution >= 4 is 32.8 Å². The monoisotopic (exact) mass is 234 g/mol. The van der Waals surface area contributed by atoms with Crippen LogP contribution >= 0.6 is 27.5 Å². The predicted octanol–water partition coefficient (Wildman–Crippen LogP) is 3.14. The summed E-state index contributed by atoms with van der Waals surface area (Å²) in [6.07, 6.45) is 6.23. The summed E-state index contributed by atoms with van der Waals surface area (Å²) in [4.78, 5) is 10.5. The summed E-state index contributed by atoms with van der Waals surface area (Å²) in [5.41, 5.74) is 1.12. The highest BCUT2D eigenvalue weighted by atomic mass is 79.9. The third-order valence-corrected chi connectivity index (χ3v) is 2.35. The summed E-state index contributed by atoms with van der Waals surface area (Å²) < 4.78 is 1.18. The van der Waals surface area contributed by atoms with Crippen LogP contribution in [0.5, 0.6) is 0 Å². The third-order valence-electron chi connectivity index (χ3n) is 1.55. The minimum atomic E-state index is -0.275. The summed E-state index contributed by atoms with van der Waals surface area (Å²) in [6, 6.07) is 0. The van der Waals surface area contributed by atoms with Crippen LogP contribution in [0.4, 0.5) is 0 Å². The first-order chi connectivity index (χ1) is 5.18. The summed E-state index contributed by atoms with van der Waals surface area (Å²) in [7, 11) is 0. The lowest BCUT2D eigenvalue weighted by atomic mass is 10.0. The second-order valence-electron chi connectivity index (χ2n) is 2.47. The number of hydrogen-bond donors (Lipinski definition) is 0. The molecule has 0 amide bonds. The first kappa shape index (κ1) is 9.01. The van der Waals surface area contributed by atoms with Gasteiger partial charge in [0, 0.05) is 6.42 Å². The van der Waals surface area contributed by atoms with Gasteiger partial charge in [0.1, 0.15) is 0 Å². The quantitative estimate of drug-likeness (QED) is 0.672. The van der Waals surface area contributed by atoms with E-state index in [1.165, 1.54) is 4.48 Å². The van der Waals surface area contributed by atoms with Gasteiger partial charge in [0.25, 0.3) is 0 Å². The molecule has 1 aliphatic rings. The molecule has 1 aliphatic carbocycles. The van der Waals surface area contributed by atoms with Crippen molar-refractivity contribution in [2.45, 2.75) is 19.3 Å². The van der Waals surface area contributed by atoms with E-state index < -0.39 is 0 Å². The van der Waals surface area contributed by atoms with Crippen LogP contribution in [0, 0.1) is 0 Å². The van der Waals surface area contributed by atoms with Crippen LogP contribution in [-0.2, 0) is 4.79 Å². The molecule has 0 aromatic carbocycles.